The molecule has 0 aliphatic carbocycles. The molecule has 1 amide bonds. The first-order valence-corrected chi connectivity index (χ1v) is 19.7. The number of nitrogens with zero attached hydrogens (tertiary/aromatic N) is 4. The second-order valence-electron chi connectivity index (χ2n) is 13.9. The maximum atomic E-state index is 13.5. The summed E-state index contributed by atoms with van der Waals surface area (Å²) in [5, 5.41) is 11.8. The molecule has 0 bridgehead atoms. The lowest BCUT2D eigenvalue weighted by molar-refractivity contribution is -0.0926. The summed E-state index contributed by atoms with van der Waals surface area (Å²) in [5.41, 5.74) is 1.32. The number of ether oxygens (including phenoxy) is 5. The van der Waals surface area contributed by atoms with Crippen molar-refractivity contribution in [1.29, 1.82) is 5.26 Å². The predicted octanol–water partition coefficient (Wildman–Crippen LogP) is 7.28. The molecule has 0 spiro atoms. The van der Waals surface area contributed by atoms with Crippen LogP contribution in [0.15, 0.2) is 89.9 Å². The summed E-state index contributed by atoms with van der Waals surface area (Å²) in [6.07, 6.45) is -0.802. The molecular weight excluding hydrogens is 737 g/mol. The van der Waals surface area contributed by atoms with Crippen LogP contribution in [0.25, 0.3) is 0 Å². The first-order valence-electron chi connectivity index (χ1n) is 18.5. The molecule has 0 saturated carbocycles. The highest BCUT2D eigenvalue weighted by molar-refractivity contribution is 7.44. The number of methoxy groups -OCH3 is 2. The number of benzene rings is 3. The van der Waals surface area contributed by atoms with Crippen molar-refractivity contribution in [3.8, 4) is 17.6 Å². The summed E-state index contributed by atoms with van der Waals surface area (Å²) < 4.78 is 47.0. The Balaban J connectivity index is 1.43. The van der Waals surface area contributed by atoms with Crippen molar-refractivity contribution in [2.45, 2.75) is 83.3 Å². The van der Waals surface area contributed by atoms with Crippen LogP contribution in [-0.2, 0) is 35.5 Å². The zero-order valence-corrected chi connectivity index (χ0v) is 33.3. The molecule has 1 aromatic heterocycles. The summed E-state index contributed by atoms with van der Waals surface area (Å²) in [7, 11) is 1.55. The third-order valence-corrected chi connectivity index (χ3v) is 11.8. The van der Waals surface area contributed by atoms with Gasteiger partial charge in [-0.2, -0.15) is 10.2 Å². The van der Waals surface area contributed by atoms with E-state index < -0.39 is 44.3 Å². The molecule has 0 radical (unpaired) electrons. The van der Waals surface area contributed by atoms with Gasteiger partial charge in [-0.15, -0.1) is 0 Å². The highest BCUT2D eigenvalue weighted by atomic mass is 31.2. The molecule has 14 nitrogen and oxygen atoms in total. The minimum absolute atomic E-state index is 0.0190. The van der Waals surface area contributed by atoms with Crippen molar-refractivity contribution in [2.75, 3.05) is 32.8 Å². The van der Waals surface area contributed by atoms with E-state index in [4.69, 9.17) is 32.7 Å². The fourth-order valence-corrected chi connectivity index (χ4v) is 8.79. The predicted molar refractivity (Wildman–Crippen MR) is 209 cm³/mol. The van der Waals surface area contributed by atoms with Crippen LogP contribution < -0.4 is 20.5 Å². The number of nitriles is 1. The van der Waals surface area contributed by atoms with Crippen molar-refractivity contribution in [1.82, 2.24) is 14.2 Å². The standard InChI is InChI=1S/C41H48N5O9P/c1-27(2)46(28(3)4)56(53-22-10-21-42)55-35-23-37(45-24-29-25-51-40(48)44-38(29)43-39(45)47)54-36(35)26-52-41(30-11-8-7-9-12-30,31-13-17-33(49-5)18-14-31)32-15-19-34(50-6)20-16-32/h7-9,11-20,24,27-28,35-37H,10,22-23,25-26H2,1-6H3,(H,43,44,47,48)/t35-,36+,37+,56?/m0/s1. The Labute approximate surface area is 328 Å². The number of hydrogen-bond donors (Lipinski definition) is 1. The van der Waals surface area contributed by atoms with Crippen LogP contribution in [0.1, 0.15) is 69.0 Å². The van der Waals surface area contributed by atoms with Crippen LogP contribution >= 0.6 is 8.53 Å². The van der Waals surface area contributed by atoms with Gasteiger partial charge in [0.05, 0.1) is 46.0 Å². The number of nitrogens with one attached hydrogen (secondary N) is 1. The molecule has 1 fully saturated rings. The molecule has 2 aliphatic heterocycles. The second kappa shape index (κ2) is 18.4. The van der Waals surface area contributed by atoms with E-state index in [0.29, 0.717) is 17.1 Å². The van der Waals surface area contributed by atoms with Crippen LogP contribution in [-0.4, -0.2) is 72.0 Å². The van der Waals surface area contributed by atoms with Gasteiger partial charge in [-0.1, -0.05) is 54.6 Å². The number of hydrogen-bond acceptors (Lipinski definition) is 12. The highest BCUT2D eigenvalue weighted by Gasteiger charge is 2.45. The largest absolute Gasteiger partial charge is 0.497 e. The SMILES string of the molecule is COc1ccc(C(OC[C@H]2O[C@@H](n3cc4c(nc3=O)NC(=O)OC4)C[C@@H]2OP(OCCC#N)N(C(C)C)C(C)C)(c2ccccc2)c2ccc(OC)cc2)cc1. The quantitative estimate of drug-likeness (QED) is 0.0650. The number of aromatic nitrogens is 2. The molecule has 15 heteroatoms. The van der Waals surface area contributed by atoms with Gasteiger partial charge in [0.2, 0.25) is 0 Å². The lowest BCUT2D eigenvalue weighted by Crippen LogP contribution is -2.39. The highest BCUT2D eigenvalue weighted by Crippen LogP contribution is 2.51. The van der Waals surface area contributed by atoms with Crippen LogP contribution in [0.2, 0.25) is 0 Å². The third kappa shape index (κ3) is 8.89. The average Bonchev–Trinajstić information content (AvgIpc) is 3.60. The first kappa shape index (κ1) is 40.8. The van der Waals surface area contributed by atoms with Gasteiger partial charge in [-0.05, 0) is 68.7 Å². The normalized spacial score (nSPS) is 18.6. The smallest absolute Gasteiger partial charge is 0.413 e. The van der Waals surface area contributed by atoms with Crippen molar-refractivity contribution >= 4 is 20.4 Å². The van der Waals surface area contributed by atoms with E-state index >= 15 is 0 Å². The van der Waals surface area contributed by atoms with E-state index in [2.05, 4.69) is 48.7 Å². The molecule has 4 atom stereocenters. The fourth-order valence-electron chi connectivity index (χ4n) is 7.03. The number of cyclic esters (lactones) is 1. The van der Waals surface area contributed by atoms with Crippen molar-refractivity contribution < 1.29 is 37.5 Å². The van der Waals surface area contributed by atoms with Gasteiger partial charge in [-0.3, -0.25) is 9.88 Å². The summed E-state index contributed by atoms with van der Waals surface area (Å²) >= 11 is 0. The van der Waals surface area contributed by atoms with Gasteiger partial charge in [-0.25, -0.2) is 14.3 Å². The van der Waals surface area contributed by atoms with E-state index in [-0.39, 0.29) is 50.6 Å². The van der Waals surface area contributed by atoms with Gasteiger partial charge in [0.15, 0.2) is 0 Å². The fraction of sp³-hybridized carbons (Fsp3) is 0.415. The monoisotopic (exact) mass is 785 g/mol. The maximum absolute atomic E-state index is 13.5. The molecule has 1 N–H and O–H groups in total. The summed E-state index contributed by atoms with van der Waals surface area (Å²) in [5.74, 6) is 1.54. The first-order chi connectivity index (χ1) is 27.1. The summed E-state index contributed by atoms with van der Waals surface area (Å²) in [6, 6.07) is 27.7. The molecule has 2 aliphatic rings. The van der Waals surface area contributed by atoms with E-state index in [1.54, 1.807) is 20.4 Å². The molecule has 6 rings (SSSR count). The van der Waals surface area contributed by atoms with Crippen LogP contribution in [0.4, 0.5) is 10.6 Å². The Kier molecular flexibility index (Phi) is 13.4. The number of carbonyl (C=O) groups excluding carboxylic acids is 1. The van der Waals surface area contributed by atoms with Crippen LogP contribution in [0.3, 0.4) is 0 Å². The van der Waals surface area contributed by atoms with Gasteiger partial charge in [0, 0.05) is 30.3 Å². The Bertz CT molecular complexity index is 1970. The Morgan fingerprint density at radius 2 is 1.55 bits per heavy atom. The Morgan fingerprint density at radius 1 is 0.946 bits per heavy atom. The minimum Gasteiger partial charge on any atom is -0.497 e. The molecule has 56 heavy (non-hydrogen) atoms. The van der Waals surface area contributed by atoms with Crippen molar-refractivity contribution in [3.05, 3.63) is 118 Å². The molecular formula is C41H48N5O9P. The number of anilines is 1. The van der Waals surface area contributed by atoms with Crippen LogP contribution in [0, 0.1) is 11.3 Å². The molecule has 3 heterocycles. The molecule has 1 unspecified atom stereocenters. The second-order valence-corrected chi connectivity index (χ2v) is 15.3. The van der Waals surface area contributed by atoms with Gasteiger partial charge in [0.1, 0.15) is 41.9 Å². The molecule has 296 valence electrons. The number of rotatable bonds is 17. The lowest BCUT2D eigenvalue weighted by atomic mass is 9.80. The topological polar surface area (TPSA) is 156 Å². The zero-order valence-electron chi connectivity index (χ0n) is 32.4. The maximum Gasteiger partial charge on any atom is 0.413 e. The number of fused-ring (bicyclic) bond motifs is 1. The van der Waals surface area contributed by atoms with Gasteiger partial charge in [0.25, 0.3) is 8.53 Å². The van der Waals surface area contributed by atoms with Crippen molar-refractivity contribution in [3.63, 3.8) is 0 Å². The molecule has 1 saturated heterocycles. The average molecular weight is 786 g/mol. The molecule has 3 aromatic carbocycles. The minimum atomic E-state index is -1.69. The van der Waals surface area contributed by atoms with Crippen LogP contribution in [0.5, 0.6) is 11.5 Å². The van der Waals surface area contributed by atoms with E-state index in [1.807, 2.05) is 78.9 Å². The lowest BCUT2D eigenvalue weighted by Gasteiger charge is -2.39. The van der Waals surface area contributed by atoms with E-state index in [1.165, 1.54) is 4.57 Å². The zero-order chi connectivity index (χ0) is 39.8. The van der Waals surface area contributed by atoms with Gasteiger partial charge < -0.3 is 32.7 Å². The molecule has 4 aromatic rings. The summed E-state index contributed by atoms with van der Waals surface area (Å²) in [4.78, 5) is 29.5. The summed E-state index contributed by atoms with van der Waals surface area (Å²) in [6.45, 7) is 8.42. The van der Waals surface area contributed by atoms with Crippen molar-refractivity contribution in [2.24, 2.45) is 0 Å². The Hall–Kier alpha value is -4.87. The van der Waals surface area contributed by atoms with E-state index in [0.717, 1.165) is 16.7 Å². The Morgan fingerprint density at radius 3 is 2.12 bits per heavy atom. The van der Waals surface area contributed by atoms with E-state index in [9.17, 15) is 14.9 Å². The van der Waals surface area contributed by atoms with Gasteiger partial charge >= 0.3 is 11.8 Å². The number of carbonyl (C=O) groups is 1. The number of amides is 1. The third-order valence-electron chi connectivity index (χ3n) is 9.62.